The fourth-order valence-electron chi connectivity index (χ4n) is 3.50. The molecule has 0 aromatic heterocycles. The van der Waals surface area contributed by atoms with Gasteiger partial charge in [-0.1, -0.05) is 12.1 Å². The highest BCUT2D eigenvalue weighted by molar-refractivity contribution is 5.96. The number of methoxy groups -OCH3 is 3. The first kappa shape index (κ1) is 21.1. The van der Waals surface area contributed by atoms with E-state index in [2.05, 4.69) is 11.8 Å². The highest BCUT2D eigenvalue weighted by atomic mass is 16.5. The fourth-order valence-corrected chi connectivity index (χ4v) is 3.50. The maximum atomic E-state index is 12.5. The molecular formula is C23H29NO5. The standard InChI is InChI=1S/C23H29NO5/c1-15-6-7-17(10-16(15)2)19(25)8-9-24-13-22(29-14-24)18-11-20(26-3)23(28-5)21(12-18)27-4/h6-7,10-12,22H,8-9,13-14H2,1-5H3. The molecule has 1 unspecified atom stereocenters. The van der Waals surface area contributed by atoms with Crippen molar-refractivity contribution in [2.75, 3.05) is 41.1 Å². The maximum absolute atomic E-state index is 12.5. The van der Waals surface area contributed by atoms with Gasteiger partial charge in [-0.05, 0) is 48.7 Å². The van der Waals surface area contributed by atoms with Crippen LogP contribution in [0.15, 0.2) is 30.3 Å². The number of ether oxygens (including phenoxy) is 4. The first-order chi connectivity index (χ1) is 14.0. The van der Waals surface area contributed by atoms with E-state index in [4.69, 9.17) is 18.9 Å². The summed E-state index contributed by atoms with van der Waals surface area (Å²) < 4.78 is 22.2. The predicted octanol–water partition coefficient (Wildman–Crippen LogP) is 3.93. The molecule has 1 fully saturated rings. The molecule has 6 heteroatoms. The van der Waals surface area contributed by atoms with Crippen molar-refractivity contribution in [3.8, 4) is 17.2 Å². The van der Waals surface area contributed by atoms with Crippen molar-refractivity contribution in [1.82, 2.24) is 4.90 Å². The zero-order valence-electron chi connectivity index (χ0n) is 17.8. The van der Waals surface area contributed by atoms with E-state index < -0.39 is 0 Å². The molecule has 2 aromatic carbocycles. The van der Waals surface area contributed by atoms with Crippen LogP contribution < -0.4 is 14.2 Å². The van der Waals surface area contributed by atoms with Crippen molar-refractivity contribution < 1.29 is 23.7 Å². The summed E-state index contributed by atoms with van der Waals surface area (Å²) in [5.74, 6) is 1.93. The number of nitrogens with zero attached hydrogens (tertiary/aromatic N) is 1. The Morgan fingerprint density at radius 1 is 1.03 bits per heavy atom. The molecule has 156 valence electrons. The normalized spacial score (nSPS) is 16.7. The van der Waals surface area contributed by atoms with E-state index in [-0.39, 0.29) is 11.9 Å². The molecular weight excluding hydrogens is 370 g/mol. The minimum Gasteiger partial charge on any atom is -0.493 e. The smallest absolute Gasteiger partial charge is 0.203 e. The number of carbonyl (C=O) groups is 1. The van der Waals surface area contributed by atoms with Crippen LogP contribution in [0.3, 0.4) is 0 Å². The zero-order valence-corrected chi connectivity index (χ0v) is 17.8. The van der Waals surface area contributed by atoms with Gasteiger partial charge in [-0.15, -0.1) is 0 Å². The summed E-state index contributed by atoms with van der Waals surface area (Å²) in [6.45, 7) is 5.93. The average molecular weight is 399 g/mol. The summed E-state index contributed by atoms with van der Waals surface area (Å²) in [5, 5.41) is 0. The van der Waals surface area contributed by atoms with Crippen LogP contribution in [0.25, 0.3) is 0 Å². The summed E-state index contributed by atoms with van der Waals surface area (Å²) in [5.41, 5.74) is 4.07. The van der Waals surface area contributed by atoms with Gasteiger partial charge in [0.1, 0.15) is 0 Å². The second kappa shape index (κ2) is 9.29. The minimum atomic E-state index is -0.111. The van der Waals surface area contributed by atoms with Gasteiger partial charge in [0.2, 0.25) is 5.75 Å². The number of hydrogen-bond donors (Lipinski definition) is 0. The quantitative estimate of drug-likeness (QED) is 0.627. The van der Waals surface area contributed by atoms with Crippen LogP contribution in [0.5, 0.6) is 17.2 Å². The Morgan fingerprint density at radius 2 is 1.72 bits per heavy atom. The summed E-state index contributed by atoms with van der Waals surface area (Å²) >= 11 is 0. The van der Waals surface area contributed by atoms with E-state index >= 15 is 0 Å². The minimum absolute atomic E-state index is 0.111. The van der Waals surface area contributed by atoms with Crippen LogP contribution in [-0.4, -0.2) is 51.8 Å². The lowest BCUT2D eigenvalue weighted by Gasteiger charge is -2.17. The van der Waals surface area contributed by atoms with Crippen molar-refractivity contribution in [3.05, 3.63) is 52.6 Å². The molecule has 0 spiro atoms. The Hall–Kier alpha value is -2.57. The number of Topliss-reactive ketones (excluding diaryl/α,β-unsaturated/α-hetero) is 1. The van der Waals surface area contributed by atoms with Crippen LogP contribution in [-0.2, 0) is 4.74 Å². The monoisotopic (exact) mass is 399 g/mol. The van der Waals surface area contributed by atoms with Gasteiger partial charge in [-0.3, -0.25) is 9.69 Å². The Kier molecular flexibility index (Phi) is 6.77. The molecule has 1 aliphatic rings. The molecule has 1 heterocycles. The number of hydrogen-bond acceptors (Lipinski definition) is 6. The van der Waals surface area contributed by atoms with Gasteiger partial charge in [-0.25, -0.2) is 0 Å². The van der Waals surface area contributed by atoms with Crippen LogP contribution in [0.4, 0.5) is 0 Å². The molecule has 0 N–H and O–H groups in total. The summed E-state index contributed by atoms with van der Waals surface area (Å²) in [4.78, 5) is 14.7. The van der Waals surface area contributed by atoms with E-state index in [0.717, 1.165) is 16.7 Å². The van der Waals surface area contributed by atoms with Gasteiger partial charge in [0.05, 0.1) is 34.2 Å². The maximum Gasteiger partial charge on any atom is 0.203 e. The number of ketones is 1. The second-order valence-electron chi connectivity index (χ2n) is 7.29. The van der Waals surface area contributed by atoms with Crippen LogP contribution in [0.2, 0.25) is 0 Å². The van der Waals surface area contributed by atoms with Crippen LogP contribution in [0.1, 0.15) is 39.6 Å². The predicted molar refractivity (Wildman–Crippen MR) is 111 cm³/mol. The van der Waals surface area contributed by atoms with E-state index in [1.807, 2.05) is 37.3 Å². The van der Waals surface area contributed by atoms with E-state index in [1.165, 1.54) is 5.56 Å². The van der Waals surface area contributed by atoms with Crippen molar-refractivity contribution in [3.63, 3.8) is 0 Å². The van der Waals surface area contributed by atoms with E-state index in [9.17, 15) is 4.79 Å². The first-order valence-corrected chi connectivity index (χ1v) is 9.71. The molecule has 0 radical (unpaired) electrons. The first-order valence-electron chi connectivity index (χ1n) is 9.71. The highest BCUT2D eigenvalue weighted by Gasteiger charge is 2.27. The second-order valence-corrected chi connectivity index (χ2v) is 7.29. The SMILES string of the molecule is COc1cc(C2CN(CCC(=O)c3ccc(C)c(C)c3)CO2)cc(OC)c1OC. The topological polar surface area (TPSA) is 57.2 Å². The zero-order chi connectivity index (χ0) is 21.0. The lowest BCUT2D eigenvalue weighted by Crippen LogP contribution is -2.23. The van der Waals surface area contributed by atoms with Crippen LogP contribution in [0, 0.1) is 13.8 Å². The molecule has 6 nitrogen and oxygen atoms in total. The average Bonchev–Trinajstić information content (AvgIpc) is 3.21. The molecule has 0 aliphatic carbocycles. The lowest BCUT2D eigenvalue weighted by atomic mass is 10.0. The highest BCUT2D eigenvalue weighted by Crippen LogP contribution is 2.41. The number of aryl methyl sites for hydroxylation is 2. The third-order valence-corrected chi connectivity index (χ3v) is 5.43. The molecule has 3 rings (SSSR count). The Bertz CT molecular complexity index is 855. The van der Waals surface area contributed by atoms with Crippen molar-refractivity contribution in [1.29, 1.82) is 0 Å². The van der Waals surface area contributed by atoms with E-state index in [1.54, 1.807) is 21.3 Å². The third kappa shape index (κ3) is 4.71. The molecule has 1 atom stereocenters. The van der Waals surface area contributed by atoms with Gasteiger partial charge in [0.25, 0.3) is 0 Å². The molecule has 1 aliphatic heterocycles. The van der Waals surface area contributed by atoms with Gasteiger partial charge in [0, 0.05) is 25.1 Å². The fraction of sp³-hybridized carbons (Fsp3) is 0.435. The number of carbonyl (C=O) groups excluding carboxylic acids is 1. The summed E-state index contributed by atoms with van der Waals surface area (Å²) in [7, 11) is 4.78. The number of benzene rings is 2. The van der Waals surface area contributed by atoms with Gasteiger partial charge in [-0.2, -0.15) is 0 Å². The molecule has 0 saturated carbocycles. The van der Waals surface area contributed by atoms with Crippen molar-refractivity contribution in [2.45, 2.75) is 26.4 Å². The Balaban J connectivity index is 1.63. The molecule has 1 saturated heterocycles. The number of rotatable bonds is 8. The summed E-state index contributed by atoms with van der Waals surface area (Å²) in [6.07, 6.45) is 0.355. The third-order valence-electron chi connectivity index (χ3n) is 5.43. The molecule has 2 aromatic rings. The Labute approximate surface area is 172 Å². The van der Waals surface area contributed by atoms with Crippen LogP contribution >= 0.6 is 0 Å². The summed E-state index contributed by atoms with van der Waals surface area (Å²) in [6, 6.07) is 9.70. The van der Waals surface area contributed by atoms with Crippen molar-refractivity contribution >= 4 is 5.78 Å². The van der Waals surface area contributed by atoms with E-state index in [0.29, 0.717) is 43.5 Å². The lowest BCUT2D eigenvalue weighted by molar-refractivity contribution is 0.0849. The van der Waals surface area contributed by atoms with Gasteiger partial charge in [0.15, 0.2) is 17.3 Å². The Morgan fingerprint density at radius 3 is 2.31 bits per heavy atom. The molecule has 29 heavy (non-hydrogen) atoms. The van der Waals surface area contributed by atoms with Gasteiger partial charge < -0.3 is 18.9 Å². The van der Waals surface area contributed by atoms with Gasteiger partial charge >= 0.3 is 0 Å². The molecule has 0 amide bonds. The van der Waals surface area contributed by atoms with Crippen molar-refractivity contribution in [2.24, 2.45) is 0 Å². The molecule has 0 bridgehead atoms. The largest absolute Gasteiger partial charge is 0.493 e.